The van der Waals surface area contributed by atoms with Gasteiger partial charge in [0.25, 0.3) is 10.0 Å². The number of hydrogen-bond donors (Lipinski definition) is 1. The first-order chi connectivity index (χ1) is 15.3. The Morgan fingerprint density at radius 1 is 1.06 bits per heavy atom. The topological polar surface area (TPSA) is 101 Å². The molecule has 0 bridgehead atoms. The molecule has 1 aliphatic rings. The molecule has 0 atom stereocenters. The quantitative estimate of drug-likeness (QED) is 0.539. The van der Waals surface area contributed by atoms with Gasteiger partial charge in [0, 0.05) is 24.6 Å². The van der Waals surface area contributed by atoms with Gasteiger partial charge in [-0.05, 0) is 35.4 Å². The molecule has 0 aliphatic carbocycles. The number of amides is 1. The fourth-order valence-electron chi connectivity index (χ4n) is 3.10. The number of nitrogens with zero attached hydrogens (tertiary/aromatic N) is 3. The first-order valence-corrected chi connectivity index (χ1v) is 12.6. The van der Waals surface area contributed by atoms with Crippen LogP contribution in [0.5, 0.6) is 0 Å². The van der Waals surface area contributed by atoms with Crippen molar-refractivity contribution in [3.8, 4) is 11.1 Å². The Morgan fingerprint density at radius 3 is 2.44 bits per heavy atom. The number of anilines is 1. The highest BCUT2D eigenvalue weighted by Crippen LogP contribution is 2.29. The SMILES string of the molecule is O=C(Cc1nsc(NS(=O)(=O)c2ccc(-c3ccc(Cl)c(Cl)c3)cc2)n1)N1CCOCC1. The maximum absolute atomic E-state index is 12.7. The molecule has 1 N–H and O–H groups in total. The van der Waals surface area contributed by atoms with Crippen molar-refractivity contribution in [1.29, 1.82) is 0 Å². The summed E-state index contributed by atoms with van der Waals surface area (Å²) in [5.74, 6) is 0.164. The molecule has 1 aliphatic heterocycles. The van der Waals surface area contributed by atoms with Gasteiger partial charge < -0.3 is 9.64 Å². The van der Waals surface area contributed by atoms with Crippen LogP contribution in [0.15, 0.2) is 47.4 Å². The Kier molecular flexibility index (Phi) is 6.96. The van der Waals surface area contributed by atoms with E-state index in [0.717, 1.165) is 22.7 Å². The summed E-state index contributed by atoms with van der Waals surface area (Å²) in [5.41, 5.74) is 1.61. The molecule has 0 unspecified atom stereocenters. The van der Waals surface area contributed by atoms with Gasteiger partial charge >= 0.3 is 0 Å². The number of rotatable bonds is 6. The third kappa shape index (κ3) is 5.38. The second-order valence-corrected chi connectivity index (χ2v) is 10.2. The molecule has 12 heteroatoms. The molecule has 2 heterocycles. The Morgan fingerprint density at radius 2 is 1.75 bits per heavy atom. The molecule has 2 aromatic carbocycles. The lowest BCUT2D eigenvalue weighted by molar-refractivity contribution is -0.134. The van der Waals surface area contributed by atoms with Crippen LogP contribution in [0.4, 0.5) is 5.13 Å². The number of hydrogen-bond acceptors (Lipinski definition) is 7. The Hall–Kier alpha value is -2.24. The molecule has 1 aromatic heterocycles. The van der Waals surface area contributed by atoms with E-state index in [2.05, 4.69) is 14.1 Å². The van der Waals surface area contributed by atoms with Crippen LogP contribution in [0.2, 0.25) is 10.0 Å². The van der Waals surface area contributed by atoms with Crippen LogP contribution in [0, 0.1) is 0 Å². The van der Waals surface area contributed by atoms with E-state index in [1.807, 2.05) is 0 Å². The van der Waals surface area contributed by atoms with E-state index in [4.69, 9.17) is 27.9 Å². The van der Waals surface area contributed by atoms with Crippen LogP contribution >= 0.6 is 34.7 Å². The molecule has 4 rings (SSSR count). The Balaban J connectivity index is 1.43. The smallest absolute Gasteiger partial charge is 0.263 e. The van der Waals surface area contributed by atoms with E-state index in [1.54, 1.807) is 35.2 Å². The first-order valence-electron chi connectivity index (χ1n) is 9.58. The summed E-state index contributed by atoms with van der Waals surface area (Å²) < 4.78 is 37.2. The number of ether oxygens (including phenoxy) is 1. The molecular formula is C20H18Cl2N4O4S2. The lowest BCUT2D eigenvalue weighted by Gasteiger charge is -2.26. The van der Waals surface area contributed by atoms with Crippen LogP contribution in [-0.2, 0) is 26.0 Å². The van der Waals surface area contributed by atoms with E-state index < -0.39 is 10.0 Å². The van der Waals surface area contributed by atoms with Crippen LogP contribution in [0.1, 0.15) is 5.82 Å². The van der Waals surface area contributed by atoms with Crippen LogP contribution in [0.3, 0.4) is 0 Å². The highest BCUT2D eigenvalue weighted by atomic mass is 35.5. The number of carbonyl (C=O) groups is 1. The van der Waals surface area contributed by atoms with Gasteiger partial charge in [0.1, 0.15) is 0 Å². The number of halogens is 2. The molecule has 0 saturated carbocycles. The molecule has 8 nitrogen and oxygen atoms in total. The maximum Gasteiger partial charge on any atom is 0.263 e. The Labute approximate surface area is 199 Å². The van der Waals surface area contributed by atoms with Crippen molar-refractivity contribution < 1.29 is 17.9 Å². The lowest BCUT2D eigenvalue weighted by Crippen LogP contribution is -2.41. The van der Waals surface area contributed by atoms with E-state index >= 15 is 0 Å². The van der Waals surface area contributed by atoms with Gasteiger partial charge in [-0.3, -0.25) is 9.52 Å². The summed E-state index contributed by atoms with van der Waals surface area (Å²) >= 11 is 12.9. The van der Waals surface area contributed by atoms with Gasteiger partial charge in [0.05, 0.1) is 34.6 Å². The summed E-state index contributed by atoms with van der Waals surface area (Å²) in [6.07, 6.45) is 0.0105. The molecule has 1 saturated heterocycles. The second kappa shape index (κ2) is 9.72. The minimum absolute atomic E-state index is 0.0105. The minimum atomic E-state index is -3.86. The number of morpholine rings is 1. The van der Waals surface area contributed by atoms with E-state index in [0.29, 0.717) is 36.3 Å². The number of nitrogens with one attached hydrogen (secondary N) is 1. The zero-order valence-corrected chi connectivity index (χ0v) is 19.8. The maximum atomic E-state index is 12.7. The molecule has 1 fully saturated rings. The van der Waals surface area contributed by atoms with Crippen LogP contribution in [0.25, 0.3) is 11.1 Å². The average Bonchev–Trinajstić information content (AvgIpc) is 3.22. The van der Waals surface area contributed by atoms with Crippen molar-refractivity contribution in [2.24, 2.45) is 0 Å². The molecule has 3 aromatic rings. The largest absolute Gasteiger partial charge is 0.378 e. The number of sulfonamides is 1. The number of benzene rings is 2. The van der Waals surface area contributed by atoms with Crippen molar-refractivity contribution in [3.05, 3.63) is 58.3 Å². The minimum Gasteiger partial charge on any atom is -0.378 e. The molecular weight excluding hydrogens is 495 g/mol. The van der Waals surface area contributed by atoms with E-state index in [-0.39, 0.29) is 28.2 Å². The van der Waals surface area contributed by atoms with Gasteiger partial charge in [-0.15, -0.1) is 0 Å². The van der Waals surface area contributed by atoms with Crippen molar-refractivity contribution in [3.63, 3.8) is 0 Å². The van der Waals surface area contributed by atoms with Crippen molar-refractivity contribution in [2.75, 3.05) is 31.0 Å². The second-order valence-electron chi connectivity index (χ2n) is 6.94. The standard InChI is InChI=1S/C20H18Cl2N4O4S2/c21-16-6-3-14(11-17(16)22)13-1-4-15(5-2-13)32(28,29)25-20-23-18(24-31-20)12-19(27)26-7-9-30-10-8-26/h1-6,11H,7-10,12H2,(H,23,24,25). The molecule has 32 heavy (non-hydrogen) atoms. The van der Waals surface area contributed by atoms with Gasteiger partial charge in [-0.25, -0.2) is 13.4 Å². The van der Waals surface area contributed by atoms with Crippen molar-refractivity contribution >= 4 is 55.8 Å². The van der Waals surface area contributed by atoms with Crippen LogP contribution < -0.4 is 4.72 Å². The third-order valence-corrected chi connectivity index (χ3v) is 7.67. The molecule has 1 amide bonds. The summed E-state index contributed by atoms with van der Waals surface area (Å²) in [7, 11) is -3.86. The zero-order chi connectivity index (χ0) is 22.7. The highest BCUT2D eigenvalue weighted by Gasteiger charge is 2.21. The summed E-state index contributed by atoms with van der Waals surface area (Å²) in [5, 5.41) is 0.965. The molecule has 168 valence electrons. The van der Waals surface area contributed by atoms with Gasteiger partial charge in [-0.1, -0.05) is 41.4 Å². The van der Waals surface area contributed by atoms with Crippen molar-refractivity contribution in [2.45, 2.75) is 11.3 Å². The highest BCUT2D eigenvalue weighted by molar-refractivity contribution is 7.93. The van der Waals surface area contributed by atoms with Gasteiger partial charge in [0.15, 0.2) is 5.82 Å². The lowest BCUT2D eigenvalue weighted by atomic mass is 10.1. The van der Waals surface area contributed by atoms with Gasteiger partial charge in [-0.2, -0.15) is 4.37 Å². The number of carbonyl (C=O) groups excluding carboxylic acids is 1. The fraction of sp³-hybridized carbons (Fsp3) is 0.250. The van der Waals surface area contributed by atoms with E-state index in [9.17, 15) is 13.2 Å². The normalized spacial score (nSPS) is 14.4. The summed E-state index contributed by atoms with van der Waals surface area (Å²) in [6.45, 7) is 2.07. The first kappa shape index (κ1) is 22.9. The van der Waals surface area contributed by atoms with E-state index in [1.165, 1.54) is 12.1 Å². The van der Waals surface area contributed by atoms with Crippen molar-refractivity contribution in [1.82, 2.24) is 14.3 Å². The Bertz CT molecular complexity index is 1230. The van der Waals surface area contributed by atoms with Gasteiger partial charge in [0.2, 0.25) is 11.0 Å². The molecule has 0 spiro atoms. The third-order valence-electron chi connectivity index (χ3n) is 4.78. The zero-order valence-electron chi connectivity index (χ0n) is 16.6. The molecule has 0 radical (unpaired) electrons. The van der Waals surface area contributed by atoms with Crippen LogP contribution in [-0.4, -0.2) is 54.9 Å². The summed E-state index contributed by atoms with van der Waals surface area (Å²) in [4.78, 5) is 18.2. The fourth-order valence-corrected chi connectivity index (χ4v) is 5.21. The predicted molar refractivity (Wildman–Crippen MR) is 124 cm³/mol. The number of aromatic nitrogens is 2. The monoisotopic (exact) mass is 512 g/mol. The predicted octanol–water partition coefficient (Wildman–Crippen LogP) is 3.71. The summed E-state index contributed by atoms with van der Waals surface area (Å²) in [6, 6.07) is 11.5. The average molecular weight is 513 g/mol.